The molecule has 1 N–H and O–H groups in total. The number of aromatic nitrogens is 3. The number of nitro benzene ring substituents is 1. The van der Waals surface area contributed by atoms with Gasteiger partial charge in [0.1, 0.15) is 0 Å². The van der Waals surface area contributed by atoms with Crippen LogP contribution in [0.1, 0.15) is 11.1 Å². The molecule has 1 aromatic heterocycles. The Labute approximate surface area is 224 Å². The second-order valence-electron chi connectivity index (χ2n) is 8.73. The summed E-state index contributed by atoms with van der Waals surface area (Å²) in [7, 11) is 0. The summed E-state index contributed by atoms with van der Waals surface area (Å²) in [6, 6.07) is 12.9. The molecule has 3 heterocycles. The van der Waals surface area contributed by atoms with Gasteiger partial charge in [0.05, 0.1) is 42.5 Å². The molecule has 38 heavy (non-hydrogen) atoms. The highest BCUT2D eigenvalue weighted by Crippen LogP contribution is 2.35. The van der Waals surface area contributed by atoms with E-state index in [-0.39, 0.29) is 10.6 Å². The molecule has 0 saturated carbocycles. The van der Waals surface area contributed by atoms with Gasteiger partial charge in [-0.2, -0.15) is 20.1 Å². The number of aryl methyl sites for hydroxylation is 1. The second-order valence-corrected chi connectivity index (χ2v) is 9.84. The van der Waals surface area contributed by atoms with E-state index in [4.69, 9.17) is 9.47 Å². The number of morpholine rings is 2. The smallest absolute Gasteiger partial charge is 0.283 e. The van der Waals surface area contributed by atoms with Crippen LogP contribution in [-0.4, -0.2) is 78.7 Å². The van der Waals surface area contributed by atoms with Crippen LogP contribution in [0.5, 0.6) is 0 Å². The third-order valence-corrected chi connectivity index (χ3v) is 7.08. The number of hydrogen-bond acceptors (Lipinski definition) is 12. The van der Waals surface area contributed by atoms with Crippen molar-refractivity contribution in [3.63, 3.8) is 0 Å². The van der Waals surface area contributed by atoms with Crippen molar-refractivity contribution in [1.29, 1.82) is 0 Å². The minimum atomic E-state index is -0.378. The number of anilines is 3. The van der Waals surface area contributed by atoms with Crippen LogP contribution < -0.4 is 15.2 Å². The molecule has 2 saturated heterocycles. The number of ether oxygens (including phenoxy) is 2. The molecule has 2 fully saturated rings. The van der Waals surface area contributed by atoms with E-state index in [2.05, 4.69) is 35.3 Å². The van der Waals surface area contributed by atoms with Gasteiger partial charge in [-0.3, -0.25) is 10.1 Å². The van der Waals surface area contributed by atoms with E-state index in [1.54, 1.807) is 12.1 Å². The van der Waals surface area contributed by atoms with Crippen LogP contribution in [0, 0.1) is 17.0 Å². The molecule has 0 bridgehead atoms. The van der Waals surface area contributed by atoms with Gasteiger partial charge in [-0.05, 0) is 25.1 Å². The molecule has 2 aliphatic heterocycles. The van der Waals surface area contributed by atoms with E-state index in [0.29, 0.717) is 80.9 Å². The number of benzene rings is 2. The van der Waals surface area contributed by atoms with Crippen molar-refractivity contribution in [2.75, 3.05) is 67.8 Å². The summed E-state index contributed by atoms with van der Waals surface area (Å²) in [6.45, 7) is 7.18. The Morgan fingerprint density at radius 1 is 0.947 bits per heavy atom. The SMILES string of the molecule is Cc1ccc(Sc2ccc(C=NNc3nc(N4CCOCC4)nc(N4CCOCC4)n3)cc2[N+](=O)[O-])cc1. The lowest BCUT2D eigenvalue weighted by Gasteiger charge is -2.30. The number of nitrogens with one attached hydrogen (secondary N) is 1. The van der Waals surface area contributed by atoms with Crippen LogP contribution in [0.2, 0.25) is 0 Å². The maximum atomic E-state index is 11.8. The Bertz CT molecular complexity index is 1260. The molecule has 13 heteroatoms. The first-order valence-corrected chi connectivity index (χ1v) is 13.1. The van der Waals surface area contributed by atoms with Crippen molar-refractivity contribution in [3.05, 3.63) is 63.7 Å². The average Bonchev–Trinajstić information content (AvgIpc) is 2.95. The van der Waals surface area contributed by atoms with E-state index in [1.807, 2.05) is 31.2 Å². The second kappa shape index (κ2) is 12.2. The molecule has 2 aromatic carbocycles. The maximum absolute atomic E-state index is 11.8. The predicted octanol–water partition coefficient (Wildman–Crippen LogP) is 3.36. The van der Waals surface area contributed by atoms with Crippen molar-refractivity contribution >= 4 is 41.5 Å². The van der Waals surface area contributed by atoms with Crippen molar-refractivity contribution in [3.8, 4) is 0 Å². The van der Waals surface area contributed by atoms with Crippen molar-refractivity contribution in [2.45, 2.75) is 16.7 Å². The highest BCUT2D eigenvalue weighted by atomic mass is 32.2. The molecule has 198 valence electrons. The summed E-state index contributed by atoms with van der Waals surface area (Å²) in [5.41, 5.74) is 4.61. The molecule has 5 rings (SSSR count). The maximum Gasteiger partial charge on any atom is 0.283 e. The van der Waals surface area contributed by atoms with E-state index >= 15 is 0 Å². The molecule has 3 aromatic rings. The third kappa shape index (κ3) is 6.54. The summed E-state index contributed by atoms with van der Waals surface area (Å²) in [4.78, 5) is 30.8. The molecule has 12 nitrogen and oxygen atoms in total. The minimum absolute atomic E-state index is 0.0175. The van der Waals surface area contributed by atoms with Crippen molar-refractivity contribution in [2.24, 2.45) is 5.10 Å². The van der Waals surface area contributed by atoms with Gasteiger partial charge in [0.15, 0.2) is 0 Å². The first-order valence-electron chi connectivity index (χ1n) is 12.3. The van der Waals surface area contributed by atoms with Gasteiger partial charge in [-0.1, -0.05) is 35.5 Å². The lowest BCUT2D eigenvalue weighted by molar-refractivity contribution is -0.387. The first-order chi connectivity index (χ1) is 18.5. The average molecular weight is 537 g/mol. The highest BCUT2D eigenvalue weighted by Gasteiger charge is 2.21. The van der Waals surface area contributed by atoms with Gasteiger partial charge in [-0.25, -0.2) is 5.43 Å². The standard InChI is InChI=1S/C25H28N8O4S/c1-18-2-5-20(6-3-18)38-22-7-4-19(16-21(22)33(34)35)17-26-30-23-27-24(31-8-12-36-13-9-31)29-25(28-23)32-10-14-37-15-11-32/h2-7,16-17H,8-15H2,1H3,(H,27,28,29,30). The molecule has 2 aliphatic rings. The Morgan fingerprint density at radius 2 is 1.55 bits per heavy atom. The zero-order chi connectivity index (χ0) is 26.3. The topological polar surface area (TPSA) is 131 Å². The molecule has 0 spiro atoms. The van der Waals surface area contributed by atoms with Gasteiger partial charge < -0.3 is 19.3 Å². The predicted molar refractivity (Wildman–Crippen MR) is 146 cm³/mol. The summed E-state index contributed by atoms with van der Waals surface area (Å²) >= 11 is 1.36. The molecule has 0 radical (unpaired) electrons. The molecule has 0 amide bonds. The Hall–Kier alpha value is -3.81. The van der Waals surface area contributed by atoms with Gasteiger partial charge in [0.25, 0.3) is 5.69 Å². The zero-order valence-electron chi connectivity index (χ0n) is 20.9. The molecular formula is C25H28N8O4S. The number of nitro groups is 1. The fourth-order valence-corrected chi connectivity index (χ4v) is 4.86. The summed E-state index contributed by atoms with van der Waals surface area (Å²) < 4.78 is 10.9. The fourth-order valence-electron chi connectivity index (χ4n) is 3.95. The fraction of sp³-hybridized carbons (Fsp3) is 0.360. The lowest BCUT2D eigenvalue weighted by Crippen LogP contribution is -2.40. The largest absolute Gasteiger partial charge is 0.378 e. The van der Waals surface area contributed by atoms with Crippen molar-refractivity contribution in [1.82, 2.24) is 15.0 Å². The minimum Gasteiger partial charge on any atom is -0.378 e. The zero-order valence-corrected chi connectivity index (χ0v) is 21.8. The normalized spacial score (nSPS) is 16.1. The van der Waals surface area contributed by atoms with Crippen LogP contribution in [-0.2, 0) is 9.47 Å². The molecule has 0 unspecified atom stereocenters. The lowest BCUT2D eigenvalue weighted by atomic mass is 10.2. The van der Waals surface area contributed by atoms with E-state index in [1.165, 1.54) is 24.0 Å². The first kappa shape index (κ1) is 25.8. The van der Waals surface area contributed by atoms with Crippen molar-refractivity contribution < 1.29 is 14.4 Å². The molecular weight excluding hydrogens is 508 g/mol. The molecule has 0 atom stereocenters. The van der Waals surface area contributed by atoms with E-state index < -0.39 is 0 Å². The van der Waals surface area contributed by atoms with Gasteiger partial charge in [0.2, 0.25) is 17.8 Å². The van der Waals surface area contributed by atoms with Gasteiger partial charge >= 0.3 is 0 Å². The Balaban J connectivity index is 1.34. The summed E-state index contributed by atoms with van der Waals surface area (Å²) in [6.07, 6.45) is 1.51. The summed E-state index contributed by atoms with van der Waals surface area (Å²) in [5.74, 6) is 1.39. The third-order valence-electron chi connectivity index (χ3n) is 6.01. The van der Waals surface area contributed by atoms with Gasteiger partial charge in [-0.15, -0.1) is 0 Å². The number of hydrogen-bond donors (Lipinski definition) is 1. The number of hydrazone groups is 1. The molecule has 0 aliphatic carbocycles. The van der Waals surface area contributed by atoms with Crippen LogP contribution in [0.4, 0.5) is 23.5 Å². The number of nitrogens with zero attached hydrogens (tertiary/aromatic N) is 7. The van der Waals surface area contributed by atoms with E-state index in [9.17, 15) is 10.1 Å². The Morgan fingerprint density at radius 3 is 2.13 bits per heavy atom. The highest BCUT2D eigenvalue weighted by molar-refractivity contribution is 7.99. The van der Waals surface area contributed by atoms with Crippen LogP contribution in [0.25, 0.3) is 0 Å². The van der Waals surface area contributed by atoms with E-state index in [0.717, 1.165) is 10.5 Å². The quantitative estimate of drug-likeness (QED) is 0.258. The summed E-state index contributed by atoms with van der Waals surface area (Å²) in [5, 5.41) is 16.0. The monoisotopic (exact) mass is 536 g/mol. The van der Waals surface area contributed by atoms with Gasteiger partial charge in [0, 0.05) is 42.7 Å². The number of rotatable bonds is 8. The van der Waals surface area contributed by atoms with Crippen LogP contribution in [0.15, 0.2) is 57.4 Å². The van der Waals surface area contributed by atoms with Crippen LogP contribution in [0.3, 0.4) is 0 Å². The Kier molecular flexibility index (Phi) is 8.26. The van der Waals surface area contributed by atoms with Crippen LogP contribution >= 0.6 is 11.8 Å².